The van der Waals surface area contributed by atoms with Crippen LogP contribution < -0.4 is 10.1 Å². The van der Waals surface area contributed by atoms with Crippen LogP contribution in [0.1, 0.15) is 26.2 Å². The molecule has 1 fully saturated rings. The Morgan fingerprint density at radius 3 is 2.74 bits per heavy atom. The average molecular weight is 262 g/mol. The van der Waals surface area contributed by atoms with Crippen LogP contribution in [0.3, 0.4) is 0 Å². The number of nitrogens with zero attached hydrogens (tertiary/aromatic N) is 1. The molecule has 104 valence electrons. The zero-order valence-electron chi connectivity index (χ0n) is 11.7. The predicted molar refractivity (Wildman–Crippen MR) is 76.5 cm³/mol. The van der Waals surface area contributed by atoms with Crippen LogP contribution in [-0.4, -0.2) is 37.0 Å². The second-order valence-electron chi connectivity index (χ2n) is 4.94. The SMILES string of the molecule is CCOc1ccc(NC(=O)C2CCCCN2C)cc1. The Balaban J connectivity index is 1.94. The molecule has 0 bridgehead atoms. The van der Waals surface area contributed by atoms with E-state index in [1.165, 1.54) is 6.42 Å². The molecular formula is C15H22N2O2. The van der Waals surface area contributed by atoms with Gasteiger partial charge in [-0.05, 0) is 57.6 Å². The quantitative estimate of drug-likeness (QED) is 0.906. The monoisotopic (exact) mass is 262 g/mol. The second kappa shape index (κ2) is 6.57. The minimum absolute atomic E-state index is 0.000295. The molecule has 0 spiro atoms. The molecule has 0 saturated carbocycles. The third kappa shape index (κ3) is 3.70. The van der Waals surface area contributed by atoms with Crippen molar-refractivity contribution in [3.05, 3.63) is 24.3 Å². The first-order valence-electron chi connectivity index (χ1n) is 6.94. The van der Waals surface area contributed by atoms with Crippen molar-refractivity contribution >= 4 is 11.6 Å². The van der Waals surface area contributed by atoms with Crippen molar-refractivity contribution in [2.45, 2.75) is 32.2 Å². The molecule has 1 aromatic carbocycles. The molecular weight excluding hydrogens is 240 g/mol. The first kappa shape index (κ1) is 13.9. The van der Waals surface area contributed by atoms with Gasteiger partial charge < -0.3 is 10.1 Å². The number of nitrogens with one attached hydrogen (secondary N) is 1. The van der Waals surface area contributed by atoms with E-state index < -0.39 is 0 Å². The Morgan fingerprint density at radius 2 is 2.11 bits per heavy atom. The Hall–Kier alpha value is -1.55. The van der Waals surface area contributed by atoms with Crippen molar-refractivity contribution in [1.29, 1.82) is 0 Å². The summed E-state index contributed by atoms with van der Waals surface area (Å²) in [7, 11) is 2.02. The second-order valence-corrected chi connectivity index (χ2v) is 4.94. The Labute approximate surface area is 114 Å². The van der Waals surface area contributed by atoms with E-state index in [1.54, 1.807) is 0 Å². The van der Waals surface area contributed by atoms with Crippen LogP contribution in [0.2, 0.25) is 0 Å². The minimum atomic E-state index is 0.000295. The summed E-state index contributed by atoms with van der Waals surface area (Å²) < 4.78 is 5.38. The number of piperidine rings is 1. The van der Waals surface area contributed by atoms with Gasteiger partial charge in [0.15, 0.2) is 0 Å². The number of hydrogen-bond donors (Lipinski definition) is 1. The van der Waals surface area contributed by atoms with Gasteiger partial charge in [0.25, 0.3) is 0 Å². The van der Waals surface area contributed by atoms with E-state index in [1.807, 2.05) is 38.2 Å². The summed E-state index contributed by atoms with van der Waals surface area (Å²) in [5.41, 5.74) is 0.826. The third-order valence-corrected chi connectivity index (χ3v) is 3.51. The van der Waals surface area contributed by atoms with Crippen molar-refractivity contribution < 1.29 is 9.53 Å². The lowest BCUT2D eigenvalue weighted by Crippen LogP contribution is -2.44. The molecule has 19 heavy (non-hydrogen) atoms. The number of hydrogen-bond acceptors (Lipinski definition) is 3. The van der Waals surface area contributed by atoms with Crippen molar-refractivity contribution in [2.75, 3.05) is 25.5 Å². The Bertz CT molecular complexity index is 417. The maximum Gasteiger partial charge on any atom is 0.241 e. The number of amides is 1. The molecule has 4 nitrogen and oxygen atoms in total. The highest BCUT2D eigenvalue weighted by atomic mass is 16.5. The number of carbonyl (C=O) groups is 1. The summed E-state index contributed by atoms with van der Waals surface area (Å²) in [5.74, 6) is 0.918. The fraction of sp³-hybridized carbons (Fsp3) is 0.533. The van der Waals surface area contributed by atoms with E-state index in [0.717, 1.165) is 30.8 Å². The van der Waals surface area contributed by atoms with Crippen LogP contribution in [0.5, 0.6) is 5.75 Å². The standard InChI is InChI=1S/C15H22N2O2/c1-3-19-13-9-7-12(8-10-13)16-15(18)14-6-4-5-11-17(14)2/h7-10,14H,3-6,11H2,1-2H3,(H,16,18). The van der Waals surface area contributed by atoms with E-state index in [0.29, 0.717) is 6.61 Å². The van der Waals surface area contributed by atoms with E-state index >= 15 is 0 Å². The molecule has 4 heteroatoms. The number of anilines is 1. The van der Waals surface area contributed by atoms with E-state index in [4.69, 9.17) is 4.74 Å². The Kier molecular flexibility index (Phi) is 4.80. The lowest BCUT2D eigenvalue weighted by Gasteiger charge is -2.31. The largest absolute Gasteiger partial charge is 0.494 e. The zero-order valence-corrected chi connectivity index (χ0v) is 11.7. The Morgan fingerprint density at radius 1 is 1.37 bits per heavy atom. The lowest BCUT2D eigenvalue weighted by molar-refractivity contribution is -0.121. The normalized spacial score (nSPS) is 20.0. The minimum Gasteiger partial charge on any atom is -0.494 e. The van der Waals surface area contributed by atoms with Gasteiger partial charge in [-0.2, -0.15) is 0 Å². The van der Waals surface area contributed by atoms with Gasteiger partial charge in [0, 0.05) is 5.69 Å². The average Bonchev–Trinajstić information content (AvgIpc) is 2.42. The summed E-state index contributed by atoms with van der Waals surface area (Å²) in [6.45, 7) is 3.61. The van der Waals surface area contributed by atoms with Crippen LogP contribution in [-0.2, 0) is 4.79 Å². The molecule has 1 aromatic rings. The molecule has 1 heterocycles. The van der Waals surface area contributed by atoms with Crippen LogP contribution >= 0.6 is 0 Å². The molecule has 1 N–H and O–H groups in total. The molecule has 2 rings (SSSR count). The van der Waals surface area contributed by atoms with Crippen molar-refractivity contribution in [2.24, 2.45) is 0 Å². The van der Waals surface area contributed by atoms with Gasteiger partial charge >= 0.3 is 0 Å². The van der Waals surface area contributed by atoms with E-state index in [2.05, 4.69) is 10.2 Å². The van der Waals surface area contributed by atoms with Gasteiger partial charge in [0.1, 0.15) is 5.75 Å². The fourth-order valence-corrected chi connectivity index (χ4v) is 2.43. The van der Waals surface area contributed by atoms with E-state index in [-0.39, 0.29) is 11.9 Å². The molecule has 0 aliphatic carbocycles. The molecule has 0 aromatic heterocycles. The van der Waals surface area contributed by atoms with Gasteiger partial charge in [0.05, 0.1) is 12.6 Å². The van der Waals surface area contributed by atoms with Crippen molar-refractivity contribution in [3.63, 3.8) is 0 Å². The van der Waals surface area contributed by atoms with Gasteiger partial charge in [-0.25, -0.2) is 0 Å². The molecule has 1 atom stereocenters. The highest BCUT2D eigenvalue weighted by Crippen LogP contribution is 2.19. The molecule has 1 amide bonds. The number of rotatable bonds is 4. The molecule has 1 aliphatic heterocycles. The fourth-order valence-electron chi connectivity index (χ4n) is 2.43. The molecule has 1 unspecified atom stereocenters. The maximum atomic E-state index is 12.2. The molecule has 1 saturated heterocycles. The molecule has 0 radical (unpaired) electrons. The summed E-state index contributed by atoms with van der Waals surface area (Å²) >= 11 is 0. The third-order valence-electron chi connectivity index (χ3n) is 3.51. The summed E-state index contributed by atoms with van der Waals surface area (Å²) in [6.07, 6.45) is 3.26. The highest BCUT2D eigenvalue weighted by molar-refractivity contribution is 5.94. The summed E-state index contributed by atoms with van der Waals surface area (Å²) in [6, 6.07) is 7.52. The summed E-state index contributed by atoms with van der Waals surface area (Å²) in [4.78, 5) is 14.3. The zero-order chi connectivity index (χ0) is 13.7. The van der Waals surface area contributed by atoms with Gasteiger partial charge in [-0.1, -0.05) is 6.42 Å². The van der Waals surface area contributed by atoms with Crippen molar-refractivity contribution in [1.82, 2.24) is 4.90 Å². The number of carbonyl (C=O) groups excluding carboxylic acids is 1. The number of likely N-dealkylation sites (tertiary alicyclic amines) is 1. The highest BCUT2D eigenvalue weighted by Gasteiger charge is 2.25. The van der Waals surface area contributed by atoms with Gasteiger partial charge in [0.2, 0.25) is 5.91 Å². The number of likely N-dealkylation sites (N-methyl/N-ethyl adjacent to an activating group) is 1. The van der Waals surface area contributed by atoms with Crippen molar-refractivity contribution in [3.8, 4) is 5.75 Å². The van der Waals surface area contributed by atoms with Crippen LogP contribution in [0.4, 0.5) is 5.69 Å². The summed E-state index contributed by atoms with van der Waals surface area (Å²) in [5, 5.41) is 2.98. The van der Waals surface area contributed by atoms with Crippen LogP contribution in [0.15, 0.2) is 24.3 Å². The van der Waals surface area contributed by atoms with Crippen LogP contribution in [0.25, 0.3) is 0 Å². The molecule has 1 aliphatic rings. The first-order chi connectivity index (χ1) is 9.20. The smallest absolute Gasteiger partial charge is 0.241 e. The predicted octanol–water partition coefficient (Wildman–Crippen LogP) is 2.51. The van der Waals surface area contributed by atoms with Gasteiger partial charge in [-0.3, -0.25) is 9.69 Å². The maximum absolute atomic E-state index is 12.2. The number of ether oxygens (including phenoxy) is 1. The lowest BCUT2D eigenvalue weighted by atomic mass is 10.0. The van der Waals surface area contributed by atoms with E-state index in [9.17, 15) is 4.79 Å². The first-order valence-corrected chi connectivity index (χ1v) is 6.94. The van der Waals surface area contributed by atoms with Gasteiger partial charge in [-0.15, -0.1) is 0 Å². The topological polar surface area (TPSA) is 41.6 Å². The number of benzene rings is 1. The van der Waals surface area contributed by atoms with Crippen LogP contribution in [0, 0.1) is 0 Å².